The summed E-state index contributed by atoms with van der Waals surface area (Å²) in [5.74, 6) is -0.392. The standard InChI is InChI=1S/C9H11BrN2O4S/c10-5-6-11-17(15,16)7-8-3-1-2-4-9(8)12(13)14/h1-4,11H,5-7H2. The van der Waals surface area contributed by atoms with Crippen LogP contribution in [0, 0.1) is 10.1 Å². The van der Waals surface area contributed by atoms with Crippen LogP contribution in [0.15, 0.2) is 24.3 Å². The van der Waals surface area contributed by atoms with Crippen molar-refractivity contribution in [2.45, 2.75) is 5.75 Å². The third-order valence-electron chi connectivity index (χ3n) is 1.95. The molecular formula is C9H11BrN2O4S. The molecule has 0 aromatic heterocycles. The summed E-state index contributed by atoms with van der Waals surface area (Å²) in [6.07, 6.45) is 0. The van der Waals surface area contributed by atoms with Crippen LogP contribution in [-0.2, 0) is 15.8 Å². The summed E-state index contributed by atoms with van der Waals surface area (Å²) < 4.78 is 25.5. The van der Waals surface area contributed by atoms with Gasteiger partial charge in [0, 0.05) is 23.5 Å². The fourth-order valence-electron chi connectivity index (χ4n) is 1.26. The van der Waals surface area contributed by atoms with E-state index in [2.05, 4.69) is 20.7 Å². The van der Waals surface area contributed by atoms with Crippen molar-refractivity contribution in [3.63, 3.8) is 0 Å². The van der Waals surface area contributed by atoms with E-state index >= 15 is 0 Å². The second-order valence-electron chi connectivity index (χ2n) is 3.23. The summed E-state index contributed by atoms with van der Waals surface area (Å²) in [7, 11) is -3.54. The van der Waals surface area contributed by atoms with Crippen LogP contribution in [0.2, 0.25) is 0 Å². The molecule has 0 bridgehead atoms. The van der Waals surface area contributed by atoms with Gasteiger partial charge in [0.2, 0.25) is 10.0 Å². The molecule has 0 atom stereocenters. The predicted molar refractivity (Wildman–Crippen MR) is 67.5 cm³/mol. The number of benzene rings is 1. The number of nitrogens with one attached hydrogen (secondary N) is 1. The van der Waals surface area contributed by atoms with E-state index in [1.807, 2.05) is 0 Å². The summed E-state index contributed by atoms with van der Waals surface area (Å²) in [6.45, 7) is 0.253. The molecule has 0 radical (unpaired) electrons. The van der Waals surface area contributed by atoms with Gasteiger partial charge in [-0.05, 0) is 0 Å². The van der Waals surface area contributed by atoms with E-state index in [1.165, 1.54) is 18.2 Å². The summed E-state index contributed by atoms with van der Waals surface area (Å²) in [5, 5.41) is 11.2. The van der Waals surface area contributed by atoms with Gasteiger partial charge in [-0.25, -0.2) is 13.1 Å². The van der Waals surface area contributed by atoms with Crippen molar-refractivity contribution < 1.29 is 13.3 Å². The molecule has 1 aromatic rings. The van der Waals surface area contributed by atoms with Gasteiger partial charge in [0.25, 0.3) is 5.69 Å². The number of nitro groups is 1. The number of halogens is 1. The highest BCUT2D eigenvalue weighted by Crippen LogP contribution is 2.19. The fraction of sp³-hybridized carbons (Fsp3) is 0.333. The zero-order valence-corrected chi connectivity index (χ0v) is 11.2. The second kappa shape index (κ2) is 6.08. The normalized spacial score (nSPS) is 11.4. The summed E-state index contributed by atoms with van der Waals surface area (Å²) >= 11 is 3.09. The fourth-order valence-corrected chi connectivity index (χ4v) is 2.89. The van der Waals surface area contributed by atoms with Gasteiger partial charge < -0.3 is 0 Å². The van der Waals surface area contributed by atoms with Gasteiger partial charge in [-0.2, -0.15) is 0 Å². The topological polar surface area (TPSA) is 89.3 Å². The zero-order chi connectivity index (χ0) is 12.9. The van der Waals surface area contributed by atoms with Gasteiger partial charge in [-0.3, -0.25) is 10.1 Å². The Labute approximate surface area is 107 Å². The quantitative estimate of drug-likeness (QED) is 0.487. The van der Waals surface area contributed by atoms with Gasteiger partial charge in [-0.15, -0.1) is 0 Å². The van der Waals surface area contributed by atoms with Crippen molar-refractivity contribution >= 4 is 31.6 Å². The Bertz CT molecular complexity index is 503. The lowest BCUT2D eigenvalue weighted by Crippen LogP contribution is -2.27. The first-order valence-electron chi connectivity index (χ1n) is 4.72. The molecule has 8 heteroatoms. The van der Waals surface area contributed by atoms with Crippen LogP contribution in [0.25, 0.3) is 0 Å². The van der Waals surface area contributed by atoms with Crippen molar-refractivity contribution in [2.75, 3.05) is 11.9 Å². The molecule has 0 spiro atoms. The lowest BCUT2D eigenvalue weighted by Gasteiger charge is -2.05. The Morgan fingerprint density at radius 3 is 2.59 bits per heavy atom. The van der Waals surface area contributed by atoms with E-state index in [0.29, 0.717) is 5.33 Å². The van der Waals surface area contributed by atoms with E-state index in [1.54, 1.807) is 6.07 Å². The minimum Gasteiger partial charge on any atom is -0.258 e. The lowest BCUT2D eigenvalue weighted by molar-refractivity contribution is -0.385. The van der Waals surface area contributed by atoms with Crippen molar-refractivity contribution in [2.24, 2.45) is 0 Å². The van der Waals surface area contributed by atoms with Crippen LogP contribution in [0.3, 0.4) is 0 Å². The SMILES string of the molecule is O=[N+]([O-])c1ccccc1CS(=O)(=O)NCCBr. The molecule has 0 aliphatic heterocycles. The number of nitrogens with zero attached hydrogens (tertiary/aromatic N) is 1. The first kappa shape index (κ1) is 14.1. The first-order valence-corrected chi connectivity index (χ1v) is 7.49. The number of nitro benzene ring substituents is 1. The summed E-state index contributed by atoms with van der Waals surface area (Å²) in [4.78, 5) is 10.1. The minimum absolute atomic E-state index is 0.180. The van der Waals surface area contributed by atoms with Crippen LogP contribution in [0.1, 0.15) is 5.56 Å². The Hall–Kier alpha value is -0.990. The van der Waals surface area contributed by atoms with E-state index in [-0.39, 0.29) is 17.8 Å². The maximum atomic E-state index is 11.6. The first-order chi connectivity index (χ1) is 7.96. The van der Waals surface area contributed by atoms with Crippen molar-refractivity contribution in [1.29, 1.82) is 0 Å². The van der Waals surface area contributed by atoms with Crippen LogP contribution in [-0.4, -0.2) is 25.2 Å². The highest BCUT2D eigenvalue weighted by molar-refractivity contribution is 9.09. The van der Waals surface area contributed by atoms with Crippen LogP contribution in [0.4, 0.5) is 5.69 Å². The molecule has 0 amide bonds. The Morgan fingerprint density at radius 1 is 1.35 bits per heavy atom. The van der Waals surface area contributed by atoms with E-state index in [0.717, 1.165) is 0 Å². The molecule has 0 aliphatic rings. The van der Waals surface area contributed by atoms with Crippen molar-refractivity contribution in [3.8, 4) is 0 Å². The molecule has 0 unspecified atom stereocenters. The lowest BCUT2D eigenvalue weighted by atomic mass is 10.2. The molecule has 17 heavy (non-hydrogen) atoms. The van der Waals surface area contributed by atoms with E-state index in [4.69, 9.17) is 0 Å². The molecule has 1 rings (SSSR count). The average molecular weight is 323 g/mol. The maximum Gasteiger partial charge on any atom is 0.273 e. The monoisotopic (exact) mass is 322 g/mol. The molecule has 6 nitrogen and oxygen atoms in total. The van der Waals surface area contributed by atoms with Gasteiger partial charge in [0.15, 0.2) is 0 Å². The number of hydrogen-bond donors (Lipinski definition) is 1. The Kier molecular flexibility index (Phi) is 5.03. The predicted octanol–water partition coefficient (Wildman–Crippen LogP) is 1.41. The minimum atomic E-state index is -3.54. The third-order valence-corrected chi connectivity index (χ3v) is 3.68. The average Bonchev–Trinajstić information content (AvgIpc) is 2.26. The number of para-hydroxylation sites is 1. The third kappa shape index (κ3) is 4.41. The van der Waals surface area contributed by atoms with E-state index < -0.39 is 20.7 Å². The molecule has 0 fully saturated rings. The Morgan fingerprint density at radius 2 is 2.00 bits per heavy atom. The van der Waals surface area contributed by atoms with Crippen LogP contribution < -0.4 is 4.72 Å². The number of alkyl halides is 1. The molecule has 0 heterocycles. The van der Waals surface area contributed by atoms with Crippen LogP contribution >= 0.6 is 15.9 Å². The number of hydrogen-bond acceptors (Lipinski definition) is 4. The Balaban J connectivity index is 2.92. The molecule has 0 saturated carbocycles. The molecule has 0 aliphatic carbocycles. The summed E-state index contributed by atoms with van der Waals surface area (Å²) in [5.41, 5.74) is -0.00344. The maximum absolute atomic E-state index is 11.6. The largest absolute Gasteiger partial charge is 0.273 e. The van der Waals surface area contributed by atoms with E-state index in [9.17, 15) is 18.5 Å². The summed E-state index contributed by atoms with van der Waals surface area (Å²) in [6, 6.07) is 5.79. The second-order valence-corrected chi connectivity index (χ2v) is 5.83. The highest BCUT2D eigenvalue weighted by atomic mass is 79.9. The van der Waals surface area contributed by atoms with Gasteiger partial charge in [-0.1, -0.05) is 34.1 Å². The van der Waals surface area contributed by atoms with Gasteiger partial charge in [0.1, 0.15) is 0 Å². The van der Waals surface area contributed by atoms with Crippen LogP contribution in [0.5, 0.6) is 0 Å². The molecule has 1 N–H and O–H groups in total. The molecule has 0 saturated heterocycles. The van der Waals surface area contributed by atoms with Gasteiger partial charge in [0.05, 0.1) is 10.7 Å². The smallest absolute Gasteiger partial charge is 0.258 e. The van der Waals surface area contributed by atoms with Crippen molar-refractivity contribution in [3.05, 3.63) is 39.9 Å². The number of rotatable bonds is 6. The van der Waals surface area contributed by atoms with Gasteiger partial charge >= 0.3 is 0 Å². The molecule has 1 aromatic carbocycles. The molecular weight excluding hydrogens is 312 g/mol. The number of sulfonamides is 1. The van der Waals surface area contributed by atoms with Crippen molar-refractivity contribution in [1.82, 2.24) is 4.72 Å². The molecule has 94 valence electrons. The zero-order valence-electron chi connectivity index (χ0n) is 8.80. The highest BCUT2D eigenvalue weighted by Gasteiger charge is 2.18.